The molecule has 0 atom stereocenters. The summed E-state index contributed by atoms with van der Waals surface area (Å²) in [5.74, 6) is 0. The molecular weight excluding hydrogens is 699 g/mol. The SMILES string of the molecule is C=C(C)/C=C\C(=N)c1cccc2ccccc12.C=C1\C=C/C=C\C=C\C=C/1C.Cc1ccc(C)cc1.Cc1ccc2ccccc2c1-c1cccc2cccc(C)c12. The molecule has 0 heterocycles. The van der Waals surface area contributed by atoms with Crippen LogP contribution in [0.15, 0.2) is 224 Å². The summed E-state index contributed by atoms with van der Waals surface area (Å²) in [4.78, 5) is 0. The van der Waals surface area contributed by atoms with Crippen LogP contribution >= 0.6 is 0 Å². The zero-order valence-corrected chi connectivity index (χ0v) is 34.9. The molecular formula is C57H55N. The zero-order valence-electron chi connectivity index (χ0n) is 34.9. The van der Waals surface area contributed by atoms with Gasteiger partial charge in [-0.2, -0.15) is 0 Å². The zero-order chi connectivity index (χ0) is 41.4. The summed E-state index contributed by atoms with van der Waals surface area (Å²) in [6, 6.07) is 48.9. The number of rotatable bonds is 4. The Morgan fingerprint density at radius 3 is 1.76 bits per heavy atom. The predicted molar refractivity (Wildman–Crippen MR) is 257 cm³/mol. The summed E-state index contributed by atoms with van der Waals surface area (Å²) < 4.78 is 0. The molecule has 1 nitrogen and oxygen atoms in total. The Morgan fingerprint density at radius 1 is 0.517 bits per heavy atom. The number of aryl methyl sites for hydroxylation is 4. The minimum atomic E-state index is 0.518. The monoisotopic (exact) mass is 753 g/mol. The lowest BCUT2D eigenvalue weighted by Crippen LogP contribution is -1.95. The van der Waals surface area contributed by atoms with Crippen LogP contribution in [0.4, 0.5) is 0 Å². The van der Waals surface area contributed by atoms with E-state index in [9.17, 15) is 0 Å². The topological polar surface area (TPSA) is 23.9 Å². The van der Waals surface area contributed by atoms with E-state index >= 15 is 0 Å². The summed E-state index contributed by atoms with van der Waals surface area (Å²) in [5.41, 5.74) is 12.7. The van der Waals surface area contributed by atoms with Gasteiger partial charge >= 0.3 is 0 Å². The molecule has 1 aliphatic rings. The largest absolute Gasteiger partial charge is 0.300 e. The molecule has 1 heteroatoms. The molecule has 58 heavy (non-hydrogen) atoms. The van der Waals surface area contributed by atoms with Crippen molar-refractivity contribution in [2.45, 2.75) is 41.5 Å². The first-order chi connectivity index (χ1) is 28.0. The van der Waals surface area contributed by atoms with E-state index in [0.717, 1.165) is 22.1 Å². The second kappa shape index (κ2) is 20.9. The molecule has 0 aromatic heterocycles. The van der Waals surface area contributed by atoms with Crippen molar-refractivity contribution in [1.82, 2.24) is 0 Å². The van der Waals surface area contributed by atoms with Crippen LogP contribution in [0.3, 0.4) is 0 Å². The summed E-state index contributed by atoms with van der Waals surface area (Å²) >= 11 is 0. The first-order valence-electron chi connectivity index (χ1n) is 19.8. The third kappa shape index (κ3) is 11.6. The van der Waals surface area contributed by atoms with Crippen LogP contribution in [0.2, 0.25) is 0 Å². The summed E-state index contributed by atoms with van der Waals surface area (Å²) in [5, 5.41) is 15.7. The molecule has 1 N–H and O–H groups in total. The third-order valence-electron chi connectivity index (χ3n) is 9.95. The smallest absolute Gasteiger partial charge is 0.0618 e. The second-order valence-corrected chi connectivity index (χ2v) is 14.7. The lowest BCUT2D eigenvalue weighted by Gasteiger charge is -2.15. The Labute approximate surface area is 346 Å². The first kappa shape index (κ1) is 42.3. The van der Waals surface area contributed by atoms with E-state index in [1.807, 2.05) is 79.8 Å². The van der Waals surface area contributed by atoms with Crippen molar-refractivity contribution in [3.05, 3.63) is 252 Å². The van der Waals surface area contributed by atoms with Crippen LogP contribution in [-0.2, 0) is 0 Å². The van der Waals surface area contributed by atoms with Crippen LogP contribution in [0.1, 0.15) is 41.7 Å². The molecule has 0 bridgehead atoms. The Morgan fingerprint density at radius 2 is 1.07 bits per heavy atom. The molecule has 0 unspecified atom stereocenters. The van der Waals surface area contributed by atoms with Gasteiger partial charge in [0.15, 0.2) is 0 Å². The van der Waals surface area contributed by atoms with E-state index in [1.165, 1.54) is 65.9 Å². The first-order valence-corrected chi connectivity index (χ1v) is 19.8. The fraction of sp³-hybridized carbons (Fsp3) is 0.105. The minimum absolute atomic E-state index is 0.518. The lowest BCUT2D eigenvalue weighted by atomic mass is 9.89. The molecule has 0 amide bonds. The van der Waals surface area contributed by atoms with Gasteiger partial charge in [0.1, 0.15) is 0 Å². The Hall–Kier alpha value is -6.83. The molecule has 0 aliphatic heterocycles. The maximum Gasteiger partial charge on any atom is 0.0618 e. The standard InChI is InChI=1S/C22H18.C16H15N.C11H12.C8H10/c1-15-7-5-9-18-10-6-12-20(21(15)18)22-16(2)13-14-17-8-3-4-11-19(17)22;1-12(2)10-11-16(17)15-9-5-7-13-6-3-4-8-14(13)15;1-10-8-6-4-3-5-7-9-11(10)2;1-7-3-5-8(2)6-4-7/h3-14H,1-2H3;3-11,17H,1H2,2H3;3-9H,1H2,2H3;3-6H,1-2H3/b;11-10-,17-16?;4-3-,7-5+,8-6-,11-9-;. The van der Waals surface area contributed by atoms with Gasteiger partial charge in [0.05, 0.1) is 5.71 Å². The molecule has 1 aliphatic carbocycles. The molecule has 288 valence electrons. The third-order valence-corrected chi connectivity index (χ3v) is 9.95. The van der Waals surface area contributed by atoms with Gasteiger partial charge in [0, 0.05) is 5.56 Å². The van der Waals surface area contributed by atoms with E-state index < -0.39 is 0 Å². The number of hydrogen-bond acceptors (Lipinski definition) is 1. The average Bonchev–Trinajstić information content (AvgIpc) is 3.32. The van der Waals surface area contributed by atoms with Crippen molar-refractivity contribution in [2.24, 2.45) is 0 Å². The highest BCUT2D eigenvalue weighted by Gasteiger charge is 2.11. The number of benzene rings is 7. The van der Waals surface area contributed by atoms with E-state index in [2.05, 4.69) is 163 Å². The minimum Gasteiger partial charge on any atom is -0.300 e. The number of nitrogens with one attached hydrogen (secondary N) is 1. The predicted octanol–water partition coefficient (Wildman–Crippen LogP) is 16.1. The van der Waals surface area contributed by atoms with Gasteiger partial charge in [0.2, 0.25) is 0 Å². The second-order valence-electron chi connectivity index (χ2n) is 14.7. The Balaban J connectivity index is 0.000000158. The van der Waals surface area contributed by atoms with Crippen molar-refractivity contribution in [3.63, 3.8) is 0 Å². The molecule has 8 rings (SSSR count). The van der Waals surface area contributed by atoms with Gasteiger partial charge < -0.3 is 5.41 Å². The molecule has 0 spiro atoms. The van der Waals surface area contributed by atoms with Gasteiger partial charge in [-0.15, -0.1) is 0 Å². The Kier molecular flexibility index (Phi) is 15.3. The fourth-order valence-electron chi connectivity index (χ4n) is 6.69. The van der Waals surface area contributed by atoms with Crippen LogP contribution in [0.5, 0.6) is 0 Å². The van der Waals surface area contributed by atoms with Crippen LogP contribution < -0.4 is 0 Å². The van der Waals surface area contributed by atoms with Gasteiger partial charge in [0.25, 0.3) is 0 Å². The summed E-state index contributed by atoms with van der Waals surface area (Å²) in [6.45, 7) is 20.3. The molecule has 0 saturated heterocycles. The quantitative estimate of drug-likeness (QED) is 0.137. The Bertz CT molecular complexity index is 2680. The molecule has 0 fully saturated rings. The average molecular weight is 754 g/mol. The highest BCUT2D eigenvalue weighted by molar-refractivity contribution is 6.15. The summed E-state index contributed by atoms with van der Waals surface area (Å²) in [7, 11) is 0. The van der Waals surface area contributed by atoms with Crippen molar-refractivity contribution in [3.8, 4) is 11.1 Å². The van der Waals surface area contributed by atoms with E-state index in [4.69, 9.17) is 5.41 Å². The number of fused-ring (bicyclic) bond motifs is 3. The van der Waals surface area contributed by atoms with Crippen molar-refractivity contribution in [2.75, 3.05) is 0 Å². The normalized spacial score (nSPS) is 14.5. The highest BCUT2D eigenvalue weighted by Crippen LogP contribution is 2.37. The van der Waals surface area contributed by atoms with E-state index in [-0.39, 0.29) is 0 Å². The molecule has 0 saturated carbocycles. The molecule has 0 radical (unpaired) electrons. The molecule has 7 aromatic carbocycles. The fourth-order valence-corrected chi connectivity index (χ4v) is 6.69. The van der Waals surface area contributed by atoms with Crippen molar-refractivity contribution < 1.29 is 0 Å². The van der Waals surface area contributed by atoms with Crippen LogP contribution in [0, 0.1) is 33.1 Å². The van der Waals surface area contributed by atoms with Crippen molar-refractivity contribution in [1.29, 1.82) is 5.41 Å². The van der Waals surface area contributed by atoms with Crippen LogP contribution in [-0.4, -0.2) is 5.71 Å². The van der Waals surface area contributed by atoms with Crippen LogP contribution in [0.25, 0.3) is 43.4 Å². The maximum absolute atomic E-state index is 8.08. The highest BCUT2D eigenvalue weighted by atomic mass is 14.4. The summed E-state index contributed by atoms with van der Waals surface area (Å²) in [6.07, 6.45) is 17.7. The number of hydrogen-bond donors (Lipinski definition) is 1. The molecule has 7 aromatic rings. The van der Waals surface area contributed by atoms with Gasteiger partial charge in [-0.1, -0.05) is 218 Å². The van der Waals surface area contributed by atoms with E-state index in [0.29, 0.717) is 5.71 Å². The lowest BCUT2D eigenvalue weighted by molar-refractivity contribution is 1.40. The number of allylic oxidation sites excluding steroid dienone is 12. The maximum atomic E-state index is 8.08. The van der Waals surface area contributed by atoms with Gasteiger partial charge in [-0.3, -0.25) is 0 Å². The van der Waals surface area contributed by atoms with Gasteiger partial charge in [-0.25, -0.2) is 0 Å². The van der Waals surface area contributed by atoms with Crippen molar-refractivity contribution >= 4 is 38.0 Å². The van der Waals surface area contributed by atoms with Gasteiger partial charge in [-0.05, 0) is 113 Å². The van der Waals surface area contributed by atoms with E-state index in [1.54, 1.807) is 6.08 Å².